The van der Waals surface area contributed by atoms with Gasteiger partial charge >= 0.3 is 0 Å². The summed E-state index contributed by atoms with van der Waals surface area (Å²) in [5.41, 5.74) is 1.64. The predicted molar refractivity (Wildman–Crippen MR) is 83.0 cm³/mol. The van der Waals surface area contributed by atoms with Gasteiger partial charge in [-0.2, -0.15) is 0 Å². The minimum atomic E-state index is 0.138. The summed E-state index contributed by atoms with van der Waals surface area (Å²) in [6.07, 6.45) is 9.12. The van der Waals surface area contributed by atoms with Crippen molar-refractivity contribution in [1.82, 2.24) is 5.32 Å². The molecule has 0 spiro atoms. The zero-order valence-electron chi connectivity index (χ0n) is 12.6. The highest BCUT2D eigenvalue weighted by Gasteiger charge is 2.38. The van der Waals surface area contributed by atoms with E-state index in [-0.39, 0.29) is 5.60 Å². The molecule has 2 unspecified atom stereocenters. The third kappa shape index (κ3) is 2.91. The highest BCUT2D eigenvalue weighted by atomic mass is 16.5. The van der Waals surface area contributed by atoms with Crippen LogP contribution >= 0.6 is 0 Å². The average Bonchev–Trinajstić information content (AvgIpc) is 2.48. The first-order valence-electron chi connectivity index (χ1n) is 8.16. The van der Waals surface area contributed by atoms with Gasteiger partial charge < -0.3 is 10.1 Å². The van der Waals surface area contributed by atoms with E-state index in [0.29, 0.717) is 12.0 Å². The van der Waals surface area contributed by atoms with Crippen LogP contribution in [0.4, 0.5) is 0 Å². The van der Waals surface area contributed by atoms with E-state index in [1.54, 1.807) is 0 Å². The molecule has 2 saturated carbocycles. The highest BCUT2D eigenvalue weighted by molar-refractivity contribution is 5.22. The molecule has 0 aliphatic heterocycles. The van der Waals surface area contributed by atoms with Crippen molar-refractivity contribution in [1.29, 1.82) is 0 Å². The molecule has 0 amide bonds. The fourth-order valence-electron chi connectivity index (χ4n) is 3.82. The summed E-state index contributed by atoms with van der Waals surface area (Å²) >= 11 is 0. The van der Waals surface area contributed by atoms with E-state index in [0.717, 1.165) is 6.54 Å². The van der Waals surface area contributed by atoms with Crippen molar-refractivity contribution in [3.8, 4) is 0 Å². The second-order valence-corrected chi connectivity index (χ2v) is 6.53. The van der Waals surface area contributed by atoms with Gasteiger partial charge in [0.1, 0.15) is 0 Å². The fourth-order valence-corrected chi connectivity index (χ4v) is 3.82. The Balaban J connectivity index is 1.64. The Kier molecular flexibility index (Phi) is 4.42. The molecule has 1 aromatic carbocycles. The van der Waals surface area contributed by atoms with E-state index in [9.17, 15) is 0 Å². The van der Waals surface area contributed by atoms with Crippen molar-refractivity contribution < 1.29 is 4.74 Å². The van der Waals surface area contributed by atoms with Gasteiger partial charge in [-0.1, -0.05) is 43.2 Å². The third-order valence-electron chi connectivity index (χ3n) is 5.38. The van der Waals surface area contributed by atoms with Gasteiger partial charge in [0.2, 0.25) is 0 Å². The molecular formula is C18H27NO. The van der Waals surface area contributed by atoms with E-state index in [2.05, 4.69) is 35.6 Å². The van der Waals surface area contributed by atoms with Crippen LogP contribution in [0.5, 0.6) is 0 Å². The van der Waals surface area contributed by atoms with Crippen LogP contribution in [0, 0.1) is 0 Å². The smallest absolute Gasteiger partial charge is 0.0802 e. The average molecular weight is 273 g/mol. The Morgan fingerprint density at radius 3 is 2.50 bits per heavy atom. The minimum absolute atomic E-state index is 0.138. The zero-order chi connectivity index (χ0) is 13.8. The van der Waals surface area contributed by atoms with Gasteiger partial charge in [0.15, 0.2) is 0 Å². The second-order valence-electron chi connectivity index (χ2n) is 6.53. The molecule has 0 aromatic heterocycles. The maximum Gasteiger partial charge on any atom is 0.0802 e. The van der Waals surface area contributed by atoms with Gasteiger partial charge in [0.05, 0.1) is 5.60 Å². The Bertz CT molecular complexity index is 407. The second kappa shape index (κ2) is 6.28. The molecule has 2 nitrogen and oxygen atoms in total. The standard InChI is InChI=1S/C18H27NO/c1-20-18(12-7-13-18)14-19-17-11-6-5-10-16(17)15-8-3-2-4-9-15/h2-4,8-9,16-17,19H,5-7,10-14H2,1H3. The number of methoxy groups -OCH3 is 1. The maximum atomic E-state index is 5.74. The van der Waals surface area contributed by atoms with E-state index < -0.39 is 0 Å². The Morgan fingerprint density at radius 2 is 1.85 bits per heavy atom. The van der Waals surface area contributed by atoms with Gasteiger partial charge in [0.25, 0.3) is 0 Å². The molecule has 20 heavy (non-hydrogen) atoms. The van der Waals surface area contributed by atoms with Crippen LogP contribution in [0.2, 0.25) is 0 Å². The molecule has 2 fully saturated rings. The molecule has 0 radical (unpaired) electrons. The summed E-state index contributed by atoms with van der Waals surface area (Å²) in [6.45, 7) is 1.03. The summed E-state index contributed by atoms with van der Waals surface area (Å²) < 4.78 is 5.74. The Hall–Kier alpha value is -0.860. The van der Waals surface area contributed by atoms with Gasteiger partial charge in [-0.05, 0) is 43.6 Å². The number of hydrogen-bond donors (Lipinski definition) is 1. The number of benzene rings is 1. The van der Waals surface area contributed by atoms with Crippen LogP contribution in [0.15, 0.2) is 30.3 Å². The number of nitrogens with one attached hydrogen (secondary N) is 1. The summed E-state index contributed by atoms with van der Waals surface area (Å²) in [5.74, 6) is 0.680. The molecule has 0 saturated heterocycles. The van der Waals surface area contributed by atoms with Crippen molar-refractivity contribution in [2.45, 2.75) is 62.5 Å². The monoisotopic (exact) mass is 273 g/mol. The Labute approximate surface area is 122 Å². The van der Waals surface area contributed by atoms with Crippen LogP contribution in [-0.2, 0) is 4.74 Å². The van der Waals surface area contributed by atoms with Crippen LogP contribution < -0.4 is 5.32 Å². The van der Waals surface area contributed by atoms with Crippen LogP contribution in [0.1, 0.15) is 56.4 Å². The fraction of sp³-hybridized carbons (Fsp3) is 0.667. The van der Waals surface area contributed by atoms with Crippen LogP contribution in [0.25, 0.3) is 0 Å². The normalized spacial score (nSPS) is 28.9. The lowest BCUT2D eigenvalue weighted by atomic mass is 9.77. The number of ether oxygens (including phenoxy) is 1. The van der Waals surface area contributed by atoms with E-state index in [4.69, 9.17) is 4.74 Å². The van der Waals surface area contributed by atoms with Gasteiger partial charge in [-0.15, -0.1) is 0 Å². The number of hydrogen-bond acceptors (Lipinski definition) is 2. The summed E-state index contributed by atoms with van der Waals surface area (Å²) in [5, 5.41) is 3.84. The molecule has 2 heteroatoms. The van der Waals surface area contributed by atoms with E-state index in [1.807, 2.05) is 7.11 Å². The first-order chi connectivity index (χ1) is 9.83. The molecular weight excluding hydrogens is 246 g/mol. The lowest BCUT2D eigenvalue weighted by Gasteiger charge is -2.43. The molecule has 110 valence electrons. The molecule has 0 heterocycles. The van der Waals surface area contributed by atoms with Gasteiger partial charge in [-0.25, -0.2) is 0 Å². The third-order valence-corrected chi connectivity index (χ3v) is 5.38. The molecule has 1 aromatic rings. The quantitative estimate of drug-likeness (QED) is 0.879. The SMILES string of the molecule is COC1(CNC2CCCCC2c2ccccc2)CCC1. The van der Waals surface area contributed by atoms with Gasteiger partial charge in [-0.3, -0.25) is 0 Å². The molecule has 1 N–H and O–H groups in total. The molecule has 2 aliphatic rings. The zero-order valence-corrected chi connectivity index (χ0v) is 12.6. The van der Waals surface area contributed by atoms with Crippen molar-refractivity contribution in [2.75, 3.05) is 13.7 Å². The highest BCUT2D eigenvalue weighted by Crippen LogP contribution is 2.37. The maximum absolute atomic E-state index is 5.74. The largest absolute Gasteiger partial charge is 0.377 e. The lowest BCUT2D eigenvalue weighted by molar-refractivity contribution is -0.0717. The summed E-state index contributed by atoms with van der Waals surface area (Å²) in [4.78, 5) is 0. The lowest BCUT2D eigenvalue weighted by Crippen LogP contribution is -2.51. The van der Waals surface area contributed by atoms with E-state index in [1.165, 1.54) is 50.5 Å². The minimum Gasteiger partial charge on any atom is -0.377 e. The molecule has 3 rings (SSSR count). The summed E-state index contributed by atoms with van der Waals surface area (Å²) in [7, 11) is 1.87. The van der Waals surface area contributed by atoms with Gasteiger partial charge in [0, 0.05) is 19.7 Å². The van der Waals surface area contributed by atoms with Crippen molar-refractivity contribution in [3.63, 3.8) is 0 Å². The van der Waals surface area contributed by atoms with Crippen LogP contribution in [-0.4, -0.2) is 25.3 Å². The Morgan fingerprint density at radius 1 is 1.10 bits per heavy atom. The molecule has 0 bridgehead atoms. The molecule has 2 atom stereocenters. The van der Waals surface area contributed by atoms with Crippen molar-refractivity contribution in [3.05, 3.63) is 35.9 Å². The van der Waals surface area contributed by atoms with Crippen molar-refractivity contribution >= 4 is 0 Å². The summed E-state index contributed by atoms with van der Waals surface area (Å²) in [6, 6.07) is 11.7. The first kappa shape index (κ1) is 14.1. The van der Waals surface area contributed by atoms with E-state index >= 15 is 0 Å². The van der Waals surface area contributed by atoms with Crippen LogP contribution in [0.3, 0.4) is 0 Å². The number of rotatable bonds is 5. The molecule has 2 aliphatic carbocycles. The first-order valence-corrected chi connectivity index (χ1v) is 8.16. The van der Waals surface area contributed by atoms with Crippen molar-refractivity contribution in [2.24, 2.45) is 0 Å². The predicted octanol–water partition coefficient (Wildman–Crippen LogP) is 3.87. The topological polar surface area (TPSA) is 21.3 Å².